The standard InChI is InChI=1S/C18H28N6O4/c1-12(2)10-24-17(27)23(11-14(25)21(4)5)15(26)18(24)6-8-22(9-7-18)16-19-13(3)28-20-16/h12H,6-11H2,1-5H3. The lowest BCUT2D eigenvalue weighted by atomic mass is 9.85. The van der Waals surface area contributed by atoms with Gasteiger partial charge < -0.3 is 19.2 Å². The van der Waals surface area contributed by atoms with E-state index in [1.54, 1.807) is 25.9 Å². The number of aryl methyl sites for hydroxylation is 1. The number of anilines is 1. The lowest BCUT2D eigenvalue weighted by molar-refractivity contribution is -0.139. The van der Waals surface area contributed by atoms with Gasteiger partial charge in [-0.1, -0.05) is 13.8 Å². The SMILES string of the molecule is Cc1nc(N2CCC3(CC2)C(=O)N(CC(=O)N(C)C)C(=O)N3CC(C)C)no1. The molecule has 28 heavy (non-hydrogen) atoms. The number of likely N-dealkylation sites (N-methyl/N-ethyl adjacent to an activating group) is 1. The van der Waals surface area contributed by atoms with Gasteiger partial charge in [0, 0.05) is 40.7 Å². The minimum Gasteiger partial charge on any atom is -0.347 e. The highest BCUT2D eigenvalue weighted by Crippen LogP contribution is 2.38. The second kappa shape index (κ2) is 7.40. The molecule has 0 aliphatic carbocycles. The van der Waals surface area contributed by atoms with Crippen molar-refractivity contribution in [3.63, 3.8) is 0 Å². The Morgan fingerprint density at radius 3 is 2.39 bits per heavy atom. The Kier molecular flexibility index (Phi) is 5.31. The van der Waals surface area contributed by atoms with Crippen LogP contribution in [-0.4, -0.2) is 88.5 Å². The average molecular weight is 392 g/mol. The van der Waals surface area contributed by atoms with E-state index in [9.17, 15) is 14.4 Å². The molecule has 10 heteroatoms. The number of hydrogen-bond acceptors (Lipinski definition) is 7. The first-order chi connectivity index (χ1) is 13.2. The molecule has 0 unspecified atom stereocenters. The summed E-state index contributed by atoms with van der Waals surface area (Å²) in [5, 5.41) is 3.94. The molecule has 154 valence electrons. The highest BCUT2D eigenvalue weighted by atomic mass is 16.5. The fourth-order valence-electron chi connectivity index (χ4n) is 3.79. The van der Waals surface area contributed by atoms with Gasteiger partial charge in [0.05, 0.1) is 0 Å². The molecule has 2 aliphatic rings. The number of imide groups is 1. The third kappa shape index (κ3) is 3.43. The summed E-state index contributed by atoms with van der Waals surface area (Å²) in [4.78, 5) is 48.9. The monoisotopic (exact) mass is 392 g/mol. The Balaban J connectivity index is 1.83. The summed E-state index contributed by atoms with van der Waals surface area (Å²) in [5.74, 6) is 0.632. The summed E-state index contributed by atoms with van der Waals surface area (Å²) >= 11 is 0. The normalized spacial score (nSPS) is 19.3. The van der Waals surface area contributed by atoms with Gasteiger partial charge in [-0.15, -0.1) is 0 Å². The third-order valence-electron chi connectivity index (χ3n) is 5.35. The van der Waals surface area contributed by atoms with E-state index in [1.807, 2.05) is 18.7 Å². The summed E-state index contributed by atoms with van der Waals surface area (Å²) < 4.78 is 5.05. The summed E-state index contributed by atoms with van der Waals surface area (Å²) in [7, 11) is 3.22. The number of carbonyl (C=O) groups excluding carboxylic acids is 3. The van der Waals surface area contributed by atoms with E-state index in [1.165, 1.54) is 4.90 Å². The molecule has 0 saturated carbocycles. The van der Waals surface area contributed by atoms with Crippen LogP contribution in [0, 0.1) is 12.8 Å². The smallest absolute Gasteiger partial charge is 0.328 e. The zero-order chi connectivity index (χ0) is 20.6. The molecule has 3 rings (SSSR count). The molecule has 0 atom stereocenters. The molecule has 0 aromatic carbocycles. The summed E-state index contributed by atoms with van der Waals surface area (Å²) in [6.45, 7) is 7.05. The number of amides is 4. The van der Waals surface area contributed by atoms with Crippen molar-refractivity contribution < 1.29 is 18.9 Å². The van der Waals surface area contributed by atoms with Gasteiger partial charge in [-0.05, 0) is 23.9 Å². The molecule has 1 aromatic heterocycles. The highest BCUT2D eigenvalue weighted by molar-refractivity contribution is 6.09. The summed E-state index contributed by atoms with van der Waals surface area (Å²) in [6.07, 6.45) is 0.926. The van der Waals surface area contributed by atoms with Gasteiger partial charge in [0.2, 0.25) is 11.8 Å². The van der Waals surface area contributed by atoms with E-state index in [2.05, 4.69) is 10.1 Å². The van der Waals surface area contributed by atoms with E-state index in [-0.39, 0.29) is 30.3 Å². The van der Waals surface area contributed by atoms with Crippen LogP contribution in [-0.2, 0) is 9.59 Å². The molecule has 0 N–H and O–H groups in total. The first-order valence-electron chi connectivity index (χ1n) is 9.54. The summed E-state index contributed by atoms with van der Waals surface area (Å²) in [6, 6.07) is -0.377. The molecule has 3 heterocycles. The van der Waals surface area contributed by atoms with E-state index >= 15 is 0 Å². The molecule has 4 amide bonds. The lowest BCUT2D eigenvalue weighted by Gasteiger charge is -2.42. The summed E-state index contributed by atoms with van der Waals surface area (Å²) in [5.41, 5.74) is -0.913. The third-order valence-corrected chi connectivity index (χ3v) is 5.35. The fraction of sp³-hybridized carbons (Fsp3) is 0.722. The maximum Gasteiger partial charge on any atom is 0.328 e. The van der Waals surface area contributed by atoms with Gasteiger partial charge in [0.1, 0.15) is 12.1 Å². The Labute approximate surface area is 164 Å². The number of rotatable bonds is 5. The molecular formula is C18H28N6O4. The van der Waals surface area contributed by atoms with Crippen LogP contribution in [0.25, 0.3) is 0 Å². The number of urea groups is 1. The molecule has 10 nitrogen and oxygen atoms in total. The largest absolute Gasteiger partial charge is 0.347 e. The van der Waals surface area contributed by atoms with E-state index in [0.717, 1.165) is 4.90 Å². The highest BCUT2D eigenvalue weighted by Gasteiger charge is 2.58. The minimum atomic E-state index is -0.913. The quantitative estimate of drug-likeness (QED) is 0.680. The van der Waals surface area contributed by atoms with Crippen molar-refractivity contribution >= 4 is 23.8 Å². The zero-order valence-corrected chi connectivity index (χ0v) is 17.1. The van der Waals surface area contributed by atoms with Crippen LogP contribution in [0.3, 0.4) is 0 Å². The van der Waals surface area contributed by atoms with Crippen LogP contribution in [0.5, 0.6) is 0 Å². The number of hydrogen-bond donors (Lipinski definition) is 0. The van der Waals surface area contributed by atoms with Gasteiger partial charge >= 0.3 is 6.03 Å². The molecule has 1 aromatic rings. The van der Waals surface area contributed by atoms with Crippen molar-refractivity contribution in [1.82, 2.24) is 24.8 Å². The van der Waals surface area contributed by atoms with Crippen LogP contribution in [0.15, 0.2) is 4.52 Å². The van der Waals surface area contributed by atoms with Crippen LogP contribution < -0.4 is 4.90 Å². The molecule has 1 spiro atoms. The van der Waals surface area contributed by atoms with Crippen molar-refractivity contribution in [2.75, 3.05) is 45.2 Å². The topological polar surface area (TPSA) is 103 Å². The van der Waals surface area contributed by atoms with Gasteiger partial charge in [0.25, 0.3) is 11.9 Å². The molecule has 0 bridgehead atoms. The predicted molar refractivity (Wildman–Crippen MR) is 101 cm³/mol. The van der Waals surface area contributed by atoms with E-state index in [0.29, 0.717) is 44.3 Å². The lowest BCUT2D eigenvalue weighted by Crippen LogP contribution is -2.57. The van der Waals surface area contributed by atoms with Crippen LogP contribution in [0.4, 0.5) is 10.7 Å². The maximum absolute atomic E-state index is 13.3. The van der Waals surface area contributed by atoms with Crippen molar-refractivity contribution in [3.05, 3.63) is 5.89 Å². The Morgan fingerprint density at radius 2 is 1.89 bits per heavy atom. The van der Waals surface area contributed by atoms with Crippen molar-refractivity contribution in [2.24, 2.45) is 5.92 Å². The van der Waals surface area contributed by atoms with E-state index in [4.69, 9.17) is 4.52 Å². The van der Waals surface area contributed by atoms with Gasteiger partial charge in [-0.25, -0.2) is 4.79 Å². The van der Waals surface area contributed by atoms with Crippen molar-refractivity contribution in [3.8, 4) is 0 Å². The Hall–Kier alpha value is -2.65. The minimum absolute atomic E-state index is 0.205. The average Bonchev–Trinajstić information content (AvgIpc) is 3.14. The van der Waals surface area contributed by atoms with Gasteiger partial charge in [-0.2, -0.15) is 4.98 Å². The Morgan fingerprint density at radius 1 is 1.25 bits per heavy atom. The van der Waals surface area contributed by atoms with Crippen molar-refractivity contribution in [2.45, 2.75) is 39.2 Å². The van der Waals surface area contributed by atoms with E-state index < -0.39 is 5.54 Å². The van der Waals surface area contributed by atoms with Gasteiger partial charge in [0.15, 0.2) is 0 Å². The first kappa shape index (κ1) is 20.1. The van der Waals surface area contributed by atoms with Crippen LogP contribution >= 0.6 is 0 Å². The second-order valence-electron chi connectivity index (χ2n) is 8.10. The number of nitrogens with zero attached hydrogens (tertiary/aromatic N) is 6. The van der Waals surface area contributed by atoms with Crippen LogP contribution in [0.1, 0.15) is 32.6 Å². The number of piperidine rings is 1. The maximum atomic E-state index is 13.3. The predicted octanol–water partition coefficient (Wildman–Crippen LogP) is 0.725. The second-order valence-corrected chi connectivity index (χ2v) is 8.10. The zero-order valence-electron chi connectivity index (χ0n) is 17.1. The number of carbonyl (C=O) groups is 3. The Bertz CT molecular complexity index is 766. The molecule has 2 fully saturated rings. The molecule has 2 aliphatic heterocycles. The van der Waals surface area contributed by atoms with Crippen LogP contribution in [0.2, 0.25) is 0 Å². The first-order valence-corrected chi connectivity index (χ1v) is 9.54. The number of aromatic nitrogens is 2. The van der Waals surface area contributed by atoms with Crippen molar-refractivity contribution in [1.29, 1.82) is 0 Å². The molecular weight excluding hydrogens is 364 g/mol. The van der Waals surface area contributed by atoms with Gasteiger partial charge in [-0.3, -0.25) is 14.5 Å². The molecule has 0 radical (unpaired) electrons. The molecule has 2 saturated heterocycles. The fourth-order valence-corrected chi connectivity index (χ4v) is 3.79.